The molecule has 0 radical (unpaired) electrons. The first-order valence-corrected chi connectivity index (χ1v) is 10.6. The first kappa shape index (κ1) is 22.2. The number of hydrogen-bond donors (Lipinski definition) is 0. The van der Waals surface area contributed by atoms with Gasteiger partial charge in [-0.1, -0.05) is 71.3 Å². The van der Waals surface area contributed by atoms with Crippen LogP contribution in [0.5, 0.6) is 0 Å². The molecule has 0 aromatic rings. The Bertz CT molecular complexity index is 356. The van der Waals surface area contributed by atoms with Gasteiger partial charge >= 0.3 is 5.97 Å². The monoisotopic (exact) mass is 352 g/mol. The number of carbonyl (C=O) groups excluding carboxylic acids is 1. The molecule has 146 valence electrons. The highest BCUT2D eigenvalue weighted by Crippen LogP contribution is 2.24. The van der Waals surface area contributed by atoms with Crippen molar-refractivity contribution in [1.82, 2.24) is 0 Å². The summed E-state index contributed by atoms with van der Waals surface area (Å²) in [5.74, 6) is -0.255. The van der Waals surface area contributed by atoms with Crippen molar-refractivity contribution in [2.24, 2.45) is 0 Å². The van der Waals surface area contributed by atoms with E-state index in [-0.39, 0.29) is 12.1 Å². The summed E-state index contributed by atoms with van der Waals surface area (Å²) in [4.78, 5) is 11.5. The maximum atomic E-state index is 11.5. The van der Waals surface area contributed by atoms with E-state index in [1.54, 1.807) is 6.92 Å². The van der Waals surface area contributed by atoms with E-state index in [0.29, 0.717) is 11.7 Å². The molecule has 1 aliphatic carbocycles. The molecule has 1 aliphatic rings. The van der Waals surface area contributed by atoms with Gasteiger partial charge in [0.05, 0.1) is 6.10 Å². The Morgan fingerprint density at radius 2 is 1.32 bits per heavy atom. The standard InChI is InChI=1S/C22H40O3/c1-4-5-6-7-8-9-10-11-12-13-18-24-20-14-16-21(17-15-20)25-22(23)19(2)3/h20-21H,2,4-18H2,1,3H3. The normalized spacial score (nSPS) is 20.4. The van der Waals surface area contributed by atoms with E-state index < -0.39 is 0 Å². The van der Waals surface area contributed by atoms with Gasteiger partial charge in [0.25, 0.3) is 0 Å². The van der Waals surface area contributed by atoms with Crippen molar-refractivity contribution >= 4 is 5.97 Å². The van der Waals surface area contributed by atoms with E-state index in [1.165, 1.54) is 64.2 Å². The third-order valence-corrected chi connectivity index (χ3v) is 5.09. The largest absolute Gasteiger partial charge is 0.459 e. The lowest BCUT2D eigenvalue weighted by atomic mass is 9.95. The first-order chi connectivity index (χ1) is 12.1. The summed E-state index contributed by atoms with van der Waals surface area (Å²) < 4.78 is 11.4. The maximum Gasteiger partial charge on any atom is 0.333 e. The molecule has 0 amide bonds. The molecule has 3 nitrogen and oxygen atoms in total. The summed E-state index contributed by atoms with van der Waals surface area (Å²) in [6.45, 7) is 8.48. The van der Waals surface area contributed by atoms with E-state index in [9.17, 15) is 4.79 Å². The molecular weight excluding hydrogens is 312 g/mol. The van der Waals surface area contributed by atoms with E-state index in [2.05, 4.69) is 13.5 Å². The highest BCUT2D eigenvalue weighted by Gasteiger charge is 2.24. The van der Waals surface area contributed by atoms with Gasteiger partial charge in [-0.3, -0.25) is 0 Å². The van der Waals surface area contributed by atoms with Crippen molar-refractivity contribution in [1.29, 1.82) is 0 Å². The molecule has 0 heterocycles. The zero-order chi connectivity index (χ0) is 18.3. The summed E-state index contributed by atoms with van der Waals surface area (Å²) in [6, 6.07) is 0. The van der Waals surface area contributed by atoms with Crippen molar-refractivity contribution in [3.8, 4) is 0 Å². The Hall–Kier alpha value is -0.830. The zero-order valence-corrected chi connectivity index (χ0v) is 16.7. The smallest absolute Gasteiger partial charge is 0.333 e. The summed E-state index contributed by atoms with van der Waals surface area (Å²) in [5.41, 5.74) is 0.485. The Morgan fingerprint density at radius 1 is 0.840 bits per heavy atom. The number of rotatable bonds is 14. The highest BCUT2D eigenvalue weighted by molar-refractivity contribution is 5.87. The first-order valence-electron chi connectivity index (χ1n) is 10.6. The molecule has 1 fully saturated rings. The molecule has 0 aromatic carbocycles. The van der Waals surface area contributed by atoms with Crippen LogP contribution < -0.4 is 0 Å². The fraction of sp³-hybridized carbons (Fsp3) is 0.864. The van der Waals surface area contributed by atoms with E-state index in [0.717, 1.165) is 32.3 Å². The van der Waals surface area contributed by atoms with Crippen molar-refractivity contribution in [3.63, 3.8) is 0 Å². The van der Waals surface area contributed by atoms with Gasteiger partial charge in [-0.25, -0.2) is 4.79 Å². The number of hydrogen-bond acceptors (Lipinski definition) is 3. The highest BCUT2D eigenvalue weighted by atomic mass is 16.5. The molecule has 1 rings (SSSR count). The maximum absolute atomic E-state index is 11.5. The van der Waals surface area contributed by atoms with Crippen LogP contribution in [0.25, 0.3) is 0 Å². The van der Waals surface area contributed by atoms with Gasteiger partial charge in [0.15, 0.2) is 0 Å². The zero-order valence-electron chi connectivity index (χ0n) is 16.7. The molecule has 0 bridgehead atoms. The average molecular weight is 353 g/mol. The van der Waals surface area contributed by atoms with Crippen LogP contribution in [0.15, 0.2) is 12.2 Å². The van der Waals surface area contributed by atoms with Crippen molar-refractivity contribution < 1.29 is 14.3 Å². The van der Waals surface area contributed by atoms with Crippen LogP contribution in [-0.4, -0.2) is 24.8 Å². The van der Waals surface area contributed by atoms with Crippen LogP contribution in [0, 0.1) is 0 Å². The molecule has 0 saturated heterocycles. The van der Waals surface area contributed by atoms with Crippen molar-refractivity contribution in [3.05, 3.63) is 12.2 Å². The van der Waals surface area contributed by atoms with Crippen molar-refractivity contribution in [2.45, 2.75) is 116 Å². The Labute approximate surface area is 155 Å². The average Bonchev–Trinajstić information content (AvgIpc) is 2.61. The van der Waals surface area contributed by atoms with Gasteiger partial charge in [-0.15, -0.1) is 0 Å². The summed E-state index contributed by atoms with van der Waals surface area (Å²) >= 11 is 0. The topological polar surface area (TPSA) is 35.5 Å². The van der Waals surface area contributed by atoms with Gasteiger partial charge in [0.2, 0.25) is 0 Å². The number of unbranched alkanes of at least 4 members (excludes halogenated alkanes) is 9. The van der Waals surface area contributed by atoms with Crippen LogP contribution >= 0.6 is 0 Å². The lowest BCUT2D eigenvalue weighted by molar-refractivity contribution is -0.147. The molecule has 0 N–H and O–H groups in total. The van der Waals surface area contributed by atoms with Crippen LogP contribution in [0.4, 0.5) is 0 Å². The van der Waals surface area contributed by atoms with Gasteiger partial charge in [0.1, 0.15) is 6.10 Å². The minimum atomic E-state index is -0.255. The Morgan fingerprint density at radius 3 is 1.84 bits per heavy atom. The van der Waals surface area contributed by atoms with Crippen LogP contribution in [0.2, 0.25) is 0 Å². The number of carbonyl (C=O) groups is 1. The number of esters is 1. The fourth-order valence-corrected chi connectivity index (χ4v) is 3.41. The lowest BCUT2D eigenvalue weighted by Gasteiger charge is -2.28. The third kappa shape index (κ3) is 11.4. The minimum absolute atomic E-state index is 0.0568. The van der Waals surface area contributed by atoms with E-state index in [1.807, 2.05) is 0 Å². The Balaban J connectivity index is 1.88. The van der Waals surface area contributed by atoms with Gasteiger partial charge < -0.3 is 9.47 Å². The summed E-state index contributed by atoms with van der Waals surface area (Å²) in [5, 5.41) is 0. The predicted molar refractivity (Wildman–Crippen MR) is 105 cm³/mol. The number of ether oxygens (including phenoxy) is 2. The minimum Gasteiger partial charge on any atom is -0.459 e. The second-order valence-corrected chi connectivity index (χ2v) is 7.64. The molecule has 25 heavy (non-hydrogen) atoms. The van der Waals surface area contributed by atoms with Gasteiger partial charge in [-0.05, 0) is 39.0 Å². The summed E-state index contributed by atoms with van der Waals surface area (Å²) in [6.07, 6.45) is 17.8. The molecule has 0 atom stereocenters. The van der Waals surface area contributed by atoms with Crippen LogP contribution in [0.1, 0.15) is 104 Å². The molecular formula is C22H40O3. The third-order valence-electron chi connectivity index (χ3n) is 5.09. The summed E-state index contributed by atoms with van der Waals surface area (Å²) in [7, 11) is 0. The van der Waals surface area contributed by atoms with Crippen LogP contribution in [-0.2, 0) is 14.3 Å². The van der Waals surface area contributed by atoms with Crippen LogP contribution in [0.3, 0.4) is 0 Å². The SMILES string of the molecule is C=C(C)C(=O)OC1CCC(OCCCCCCCCCCCC)CC1. The molecule has 3 heteroatoms. The van der Waals surface area contributed by atoms with Crippen molar-refractivity contribution in [2.75, 3.05) is 6.61 Å². The quantitative estimate of drug-likeness (QED) is 0.207. The lowest BCUT2D eigenvalue weighted by Crippen LogP contribution is -2.28. The fourth-order valence-electron chi connectivity index (χ4n) is 3.41. The molecule has 0 unspecified atom stereocenters. The predicted octanol–water partition coefficient (Wildman–Crippen LogP) is 6.35. The molecule has 0 aliphatic heterocycles. The van der Waals surface area contributed by atoms with E-state index in [4.69, 9.17) is 9.47 Å². The Kier molecular flexibility index (Phi) is 12.8. The second kappa shape index (κ2) is 14.4. The molecule has 1 saturated carbocycles. The van der Waals surface area contributed by atoms with E-state index >= 15 is 0 Å². The van der Waals surface area contributed by atoms with Gasteiger partial charge in [0, 0.05) is 12.2 Å². The molecule has 0 spiro atoms. The van der Waals surface area contributed by atoms with Gasteiger partial charge in [-0.2, -0.15) is 0 Å². The molecule has 0 aromatic heterocycles. The second-order valence-electron chi connectivity index (χ2n) is 7.64.